The number of aromatic nitrogens is 5. The number of H-pyrrole nitrogens is 1. The number of fused-ring (bicyclic) bond motifs is 3. The summed E-state index contributed by atoms with van der Waals surface area (Å²) in [5.74, 6) is 1.99. The fourth-order valence-electron chi connectivity index (χ4n) is 4.13. The molecule has 0 unspecified atom stereocenters. The predicted octanol–water partition coefficient (Wildman–Crippen LogP) is 3.60. The van der Waals surface area contributed by atoms with Crippen molar-refractivity contribution < 1.29 is 0 Å². The first-order valence-electron chi connectivity index (χ1n) is 8.78. The quantitative estimate of drug-likeness (QED) is 0.601. The highest BCUT2D eigenvalue weighted by molar-refractivity contribution is 5.74. The molecular weight excluding hydrogens is 312 g/mol. The van der Waals surface area contributed by atoms with Gasteiger partial charge in [0.15, 0.2) is 11.3 Å². The largest absolute Gasteiger partial charge is 0.382 e. The molecule has 0 radical (unpaired) electrons. The zero-order chi connectivity index (χ0) is 16.8. The van der Waals surface area contributed by atoms with Crippen LogP contribution in [0.2, 0.25) is 0 Å². The molecule has 3 atom stereocenters. The number of nitrogens with one attached hydrogen (secondary N) is 2. The number of para-hydroxylation sites is 1. The van der Waals surface area contributed by atoms with Crippen LogP contribution in [0.5, 0.6) is 0 Å². The van der Waals surface area contributed by atoms with E-state index in [-0.39, 0.29) is 0 Å². The molecule has 6 nitrogen and oxygen atoms in total. The lowest BCUT2D eigenvalue weighted by atomic mass is 9.97. The molecule has 126 valence electrons. The minimum Gasteiger partial charge on any atom is -0.382 e. The molecule has 5 rings (SSSR count). The second-order valence-corrected chi connectivity index (χ2v) is 6.98. The lowest BCUT2D eigenvalue weighted by molar-refractivity contribution is 0.507. The summed E-state index contributed by atoms with van der Waals surface area (Å²) < 4.78 is 2.16. The van der Waals surface area contributed by atoms with Gasteiger partial charge in [0, 0.05) is 23.8 Å². The van der Waals surface area contributed by atoms with Gasteiger partial charge in [0.2, 0.25) is 0 Å². The lowest BCUT2D eigenvalue weighted by Gasteiger charge is -2.14. The Morgan fingerprint density at radius 1 is 1.12 bits per heavy atom. The van der Waals surface area contributed by atoms with E-state index < -0.39 is 0 Å². The van der Waals surface area contributed by atoms with Crippen LogP contribution in [0.25, 0.3) is 16.8 Å². The monoisotopic (exact) mass is 332 g/mol. The van der Waals surface area contributed by atoms with E-state index in [1.165, 1.54) is 5.69 Å². The molecule has 0 aliphatic heterocycles. The van der Waals surface area contributed by atoms with Gasteiger partial charge in [-0.3, -0.25) is 4.40 Å². The maximum atomic E-state index is 4.53. The maximum absolute atomic E-state index is 4.53. The molecule has 1 aliphatic rings. The number of hydrogen-bond donors (Lipinski definition) is 2. The fraction of sp³-hybridized carbons (Fsp3) is 0.316. The van der Waals surface area contributed by atoms with Gasteiger partial charge >= 0.3 is 0 Å². The smallest absolute Gasteiger partial charge is 0.179 e. The van der Waals surface area contributed by atoms with Crippen molar-refractivity contribution in [1.82, 2.24) is 24.6 Å². The van der Waals surface area contributed by atoms with Gasteiger partial charge in [-0.2, -0.15) is 0 Å². The predicted molar refractivity (Wildman–Crippen MR) is 97.6 cm³/mol. The van der Waals surface area contributed by atoms with Gasteiger partial charge in [-0.15, -0.1) is 10.2 Å². The van der Waals surface area contributed by atoms with Crippen LogP contribution in [0, 0.1) is 5.92 Å². The van der Waals surface area contributed by atoms with Crippen molar-refractivity contribution in [1.29, 1.82) is 0 Å². The van der Waals surface area contributed by atoms with Crippen molar-refractivity contribution in [2.24, 2.45) is 5.92 Å². The van der Waals surface area contributed by atoms with Crippen LogP contribution in [-0.4, -0.2) is 30.6 Å². The third-order valence-corrected chi connectivity index (χ3v) is 5.32. The molecular formula is C19H20N6. The Kier molecular flexibility index (Phi) is 3.23. The van der Waals surface area contributed by atoms with Crippen molar-refractivity contribution in [3.63, 3.8) is 0 Å². The van der Waals surface area contributed by atoms with Crippen LogP contribution in [-0.2, 0) is 0 Å². The fourth-order valence-corrected chi connectivity index (χ4v) is 4.13. The Bertz CT molecular complexity index is 1020. The summed E-state index contributed by atoms with van der Waals surface area (Å²) in [6.45, 7) is 2.31. The van der Waals surface area contributed by atoms with Crippen molar-refractivity contribution in [3.8, 4) is 0 Å². The van der Waals surface area contributed by atoms with Gasteiger partial charge in [0.05, 0.1) is 11.7 Å². The number of aromatic amines is 1. The third kappa shape index (κ3) is 2.36. The van der Waals surface area contributed by atoms with Crippen LogP contribution in [0.1, 0.15) is 31.5 Å². The minimum absolute atomic E-state index is 0.386. The first-order chi connectivity index (χ1) is 12.3. The Hall–Kier alpha value is -2.89. The van der Waals surface area contributed by atoms with E-state index in [4.69, 9.17) is 0 Å². The van der Waals surface area contributed by atoms with Crippen LogP contribution >= 0.6 is 0 Å². The number of benzene rings is 1. The summed E-state index contributed by atoms with van der Waals surface area (Å²) in [5, 5.41) is 12.6. The zero-order valence-electron chi connectivity index (χ0n) is 14.1. The normalized spacial score (nSPS) is 23.5. The molecule has 0 amide bonds. The molecule has 4 aromatic rings. The number of anilines is 1. The summed E-state index contributed by atoms with van der Waals surface area (Å²) in [6, 6.07) is 12.9. The van der Waals surface area contributed by atoms with Crippen molar-refractivity contribution in [2.45, 2.75) is 31.7 Å². The van der Waals surface area contributed by atoms with E-state index in [0.717, 1.165) is 35.5 Å². The summed E-state index contributed by atoms with van der Waals surface area (Å²) in [7, 11) is 0. The van der Waals surface area contributed by atoms with Gasteiger partial charge < -0.3 is 10.3 Å². The topological polar surface area (TPSA) is 70.9 Å². The maximum Gasteiger partial charge on any atom is 0.179 e. The Balaban J connectivity index is 1.49. The summed E-state index contributed by atoms with van der Waals surface area (Å²) in [5.41, 5.74) is 3.92. The molecule has 3 heterocycles. The van der Waals surface area contributed by atoms with Gasteiger partial charge in [0.25, 0.3) is 0 Å². The number of rotatable bonds is 3. The van der Waals surface area contributed by atoms with E-state index in [9.17, 15) is 0 Å². The number of nitrogens with zero attached hydrogens (tertiary/aromatic N) is 4. The van der Waals surface area contributed by atoms with Gasteiger partial charge in [-0.25, -0.2) is 4.98 Å². The van der Waals surface area contributed by atoms with E-state index in [0.29, 0.717) is 17.9 Å². The van der Waals surface area contributed by atoms with Crippen LogP contribution < -0.4 is 5.32 Å². The molecule has 2 N–H and O–H groups in total. The van der Waals surface area contributed by atoms with Gasteiger partial charge in [-0.1, -0.05) is 25.1 Å². The second-order valence-electron chi connectivity index (χ2n) is 6.98. The molecule has 0 bridgehead atoms. The molecule has 25 heavy (non-hydrogen) atoms. The second kappa shape index (κ2) is 5.58. The zero-order valence-corrected chi connectivity index (χ0v) is 14.1. The van der Waals surface area contributed by atoms with Crippen molar-refractivity contribution in [2.75, 3.05) is 5.32 Å². The minimum atomic E-state index is 0.386. The van der Waals surface area contributed by atoms with Crippen LogP contribution in [0.3, 0.4) is 0 Å². The first kappa shape index (κ1) is 14.5. The van der Waals surface area contributed by atoms with E-state index >= 15 is 0 Å². The number of hydrogen-bond acceptors (Lipinski definition) is 4. The third-order valence-electron chi connectivity index (χ3n) is 5.32. The van der Waals surface area contributed by atoms with E-state index in [2.05, 4.69) is 61.1 Å². The summed E-state index contributed by atoms with van der Waals surface area (Å²) in [4.78, 5) is 7.58. The van der Waals surface area contributed by atoms with E-state index in [1.54, 1.807) is 6.20 Å². The molecule has 0 saturated heterocycles. The molecule has 0 spiro atoms. The van der Waals surface area contributed by atoms with Crippen molar-refractivity contribution in [3.05, 3.63) is 54.6 Å². The average molecular weight is 332 g/mol. The Labute approximate surface area is 145 Å². The van der Waals surface area contributed by atoms with Crippen LogP contribution in [0.15, 0.2) is 48.8 Å². The SMILES string of the molecule is C[C@@H]1C[C@H](Nc2ccccc2)C[C@@H]1c1nnc2cnc3[nH]ccc3n12. The molecule has 1 aromatic carbocycles. The Morgan fingerprint density at radius 2 is 2.00 bits per heavy atom. The lowest BCUT2D eigenvalue weighted by Crippen LogP contribution is -2.15. The molecule has 1 saturated carbocycles. The Morgan fingerprint density at radius 3 is 2.88 bits per heavy atom. The highest BCUT2D eigenvalue weighted by atomic mass is 15.3. The molecule has 6 heteroatoms. The van der Waals surface area contributed by atoms with E-state index in [1.807, 2.05) is 18.3 Å². The summed E-state index contributed by atoms with van der Waals surface area (Å²) >= 11 is 0. The van der Waals surface area contributed by atoms with Gasteiger partial charge in [-0.05, 0) is 37.0 Å². The highest BCUT2D eigenvalue weighted by Gasteiger charge is 2.35. The van der Waals surface area contributed by atoms with Crippen molar-refractivity contribution >= 4 is 22.5 Å². The molecule has 1 fully saturated rings. The first-order valence-corrected chi connectivity index (χ1v) is 8.78. The average Bonchev–Trinajstić information content (AvgIpc) is 3.32. The van der Waals surface area contributed by atoms with Gasteiger partial charge in [0.1, 0.15) is 5.82 Å². The molecule has 1 aliphatic carbocycles. The summed E-state index contributed by atoms with van der Waals surface area (Å²) in [6.07, 6.45) is 5.90. The highest BCUT2D eigenvalue weighted by Crippen LogP contribution is 2.40. The van der Waals surface area contributed by atoms with Crippen LogP contribution in [0.4, 0.5) is 5.69 Å². The standard InChI is InChI=1S/C19H20N6/c1-12-9-14(22-13-5-3-2-4-6-13)10-15(12)19-24-23-17-11-21-18-16(25(17)19)7-8-20-18/h2-8,11-12,14-15,20,22H,9-10H2,1H3/t12-,14+,15+/m1/s1. The molecule has 3 aromatic heterocycles.